The Morgan fingerprint density at radius 3 is 2.76 bits per heavy atom. The number of likely N-dealkylation sites (N-methyl/N-ethyl adjacent to an activating group) is 1. The molecule has 7 heteroatoms. The van der Waals surface area contributed by atoms with Crippen molar-refractivity contribution in [2.24, 2.45) is 0 Å². The molecule has 1 aromatic carbocycles. The van der Waals surface area contributed by atoms with E-state index in [1.165, 1.54) is 5.57 Å². The van der Waals surface area contributed by atoms with Gasteiger partial charge >= 0.3 is 6.09 Å². The molecule has 1 aromatic rings. The lowest BCUT2D eigenvalue weighted by Gasteiger charge is -2.35. The van der Waals surface area contributed by atoms with Gasteiger partial charge in [0.25, 0.3) is 5.91 Å². The molecule has 0 radical (unpaired) electrons. The number of anilines is 1. The highest BCUT2D eigenvalue weighted by Crippen LogP contribution is 2.35. The minimum Gasteiger partial charge on any atom is -0.450 e. The molecule has 1 aliphatic heterocycles. The van der Waals surface area contributed by atoms with E-state index in [4.69, 9.17) is 4.74 Å². The Labute approximate surface area is 204 Å². The van der Waals surface area contributed by atoms with Gasteiger partial charge in [-0.15, -0.1) is 0 Å². The number of carbonyl (C=O) groups is 2. The summed E-state index contributed by atoms with van der Waals surface area (Å²) in [5.74, 6) is -0.0128. The zero-order chi connectivity index (χ0) is 24.0. The van der Waals surface area contributed by atoms with Crippen LogP contribution in [0.3, 0.4) is 0 Å². The van der Waals surface area contributed by atoms with Crippen molar-refractivity contribution in [3.63, 3.8) is 0 Å². The van der Waals surface area contributed by atoms with Gasteiger partial charge in [0, 0.05) is 48.5 Å². The van der Waals surface area contributed by atoms with Crippen LogP contribution in [-0.2, 0) is 9.53 Å². The third kappa shape index (κ3) is 5.77. The molecule has 1 heterocycles. The Balaban J connectivity index is 2.03. The molecule has 6 nitrogen and oxygen atoms in total. The second kappa shape index (κ2) is 11.4. The number of nitrogens with one attached hydrogen (secondary N) is 1. The summed E-state index contributed by atoms with van der Waals surface area (Å²) in [6, 6.07) is 5.91. The second-order valence-electron chi connectivity index (χ2n) is 8.01. The molecule has 1 atom stereocenters. The summed E-state index contributed by atoms with van der Waals surface area (Å²) >= 11 is 3.58. The van der Waals surface area contributed by atoms with Gasteiger partial charge in [-0.3, -0.25) is 9.69 Å². The molecule has 1 N–H and O–H groups in total. The largest absolute Gasteiger partial charge is 0.450 e. The molecule has 3 rings (SSSR count). The van der Waals surface area contributed by atoms with Crippen LogP contribution in [0.15, 0.2) is 64.2 Å². The summed E-state index contributed by atoms with van der Waals surface area (Å²) in [6.07, 6.45) is 10.9. The summed E-state index contributed by atoms with van der Waals surface area (Å²) in [5, 5.41) is 3.27. The lowest BCUT2D eigenvalue weighted by molar-refractivity contribution is -0.125. The maximum absolute atomic E-state index is 12.8. The molecule has 176 valence electrons. The average molecular weight is 514 g/mol. The first-order valence-corrected chi connectivity index (χ1v) is 12.1. The summed E-state index contributed by atoms with van der Waals surface area (Å²) in [7, 11) is 3.70. The highest BCUT2D eigenvalue weighted by atomic mass is 79.9. The first-order chi connectivity index (χ1) is 15.9. The molecular formula is C26H32BrN3O3. The fourth-order valence-electron chi connectivity index (χ4n) is 4.06. The van der Waals surface area contributed by atoms with Gasteiger partial charge in [0.15, 0.2) is 0 Å². The van der Waals surface area contributed by atoms with E-state index in [2.05, 4.69) is 33.4 Å². The van der Waals surface area contributed by atoms with E-state index in [1.807, 2.05) is 57.3 Å². The van der Waals surface area contributed by atoms with Crippen LogP contribution in [0.5, 0.6) is 0 Å². The van der Waals surface area contributed by atoms with E-state index in [1.54, 1.807) is 16.8 Å². The van der Waals surface area contributed by atoms with E-state index >= 15 is 0 Å². The number of hydrogen-bond donors (Lipinski definition) is 1. The van der Waals surface area contributed by atoms with Gasteiger partial charge < -0.3 is 15.0 Å². The summed E-state index contributed by atoms with van der Waals surface area (Å²) < 4.78 is 6.36. The molecule has 0 fully saturated rings. The van der Waals surface area contributed by atoms with Gasteiger partial charge in [-0.05, 0) is 62.1 Å². The minimum absolute atomic E-state index is 0.0128. The van der Waals surface area contributed by atoms with Crippen LogP contribution in [0, 0.1) is 0 Å². The highest BCUT2D eigenvalue weighted by molar-refractivity contribution is 9.10. The molecule has 33 heavy (non-hydrogen) atoms. The van der Waals surface area contributed by atoms with Crippen molar-refractivity contribution >= 4 is 39.2 Å². The number of ether oxygens (including phenoxy) is 1. The quantitative estimate of drug-likeness (QED) is 0.553. The summed E-state index contributed by atoms with van der Waals surface area (Å²) in [5.41, 5.74) is 5.01. The van der Waals surface area contributed by atoms with E-state index in [9.17, 15) is 9.59 Å². The van der Waals surface area contributed by atoms with Gasteiger partial charge in [0.1, 0.15) is 0 Å². The van der Waals surface area contributed by atoms with Gasteiger partial charge in [-0.2, -0.15) is 0 Å². The molecular weight excluding hydrogens is 482 g/mol. The van der Waals surface area contributed by atoms with Crippen molar-refractivity contribution in [2.45, 2.75) is 32.7 Å². The molecule has 1 aliphatic carbocycles. The van der Waals surface area contributed by atoms with Crippen LogP contribution in [0.4, 0.5) is 10.5 Å². The smallest absolute Gasteiger partial charge is 0.410 e. The number of rotatable bonds is 6. The number of nitrogens with zero attached hydrogens (tertiary/aromatic N) is 2. The molecule has 0 saturated heterocycles. The predicted octanol–water partition coefficient (Wildman–Crippen LogP) is 5.40. The fraction of sp³-hybridized carbons (Fsp3) is 0.385. The topological polar surface area (TPSA) is 61.9 Å². The van der Waals surface area contributed by atoms with Gasteiger partial charge in [0.2, 0.25) is 0 Å². The molecule has 2 amide bonds. The molecule has 0 bridgehead atoms. The van der Waals surface area contributed by atoms with E-state index < -0.39 is 0 Å². The van der Waals surface area contributed by atoms with Crippen molar-refractivity contribution in [3.8, 4) is 0 Å². The molecule has 0 aromatic heterocycles. The van der Waals surface area contributed by atoms with Crippen LogP contribution < -0.4 is 5.32 Å². The van der Waals surface area contributed by atoms with Crippen LogP contribution in [0.2, 0.25) is 0 Å². The standard InChI is InChI=1S/C26H32BrN3O3/c1-5-29(4)25(31)19-9-7-8-18(10-11-19)24-16-20(14-15-30(24)26(32)33-6-2)22-17-21(27)12-13-23(22)28-3/h7,9-13,16-17,24,28H,5-6,8,14-15H2,1-4H3. The predicted molar refractivity (Wildman–Crippen MR) is 137 cm³/mol. The van der Waals surface area contributed by atoms with Gasteiger partial charge in [-0.1, -0.05) is 40.2 Å². The molecule has 2 aliphatic rings. The van der Waals surface area contributed by atoms with E-state index in [0.717, 1.165) is 27.7 Å². The third-order valence-corrected chi connectivity index (χ3v) is 6.49. The van der Waals surface area contributed by atoms with Crippen LogP contribution in [0.25, 0.3) is 5.57 Å². The minimum atomic E-state index is -0.319. The molecule has 0 spiro atoms. The first kappa shape index (κ1) is 24.8. The second-order valence-corrected chi connectivity index (χ2v) is 8.92. The number of halogens is 1. The van der Waals surface area contributed by atoms with Crippen LogP contribution in [-0.4, -0.2) is 61.6 Å². The number of hydrogen-bond acceptors (Lipinski definition) is 4. The normalized spacial score (nSPS) is 18.0. The monoisotopic (exact) mass is 513 g/mol. The number of carbonyl (C=O) groups excluding carboxylic acids is 2. The van der Waals surface area contributed by atoms with Crippen molar-refractivity contribution in [3.05, 3.63) is 69.8 Å². The Hall–Kier alpha value is -2.80. The van der Waals surface area contributed by atoms with Crippen molar-refractivity contribution < 1.29 is 14.3 Å². The Kier molecular flexibility index (Phi) is 8.55. The van der Waals surface area contributed by atoms with Crippen molar-refractivity contribution in [1.82, 2.24) is 9.80 Å². The average Bonchev–Trinajstić information content (AvgIpc) is 3.09. The lowest BCUT2D eigenvalue weighted by Crippen LogP contribution is -2.43. The first-order valence-electron chi connectivity index (χ1n) is 11.3. The van der Waals surface area contributed by atoms with E-state index in [-0.39, 0.29) is 18.0 Å². The van der Waals surface area contributed by atoms with Gasteiger partial charge in [-0.25, -0.2) is 4.79 Å². The van der Waals surface area contributed by atoms with Crippen LogP contribution in [0.1, 0.15) is 32.3 Å². The third-order valence-electron chi connectivity index (χ3n) is 5.99. The van der Waals surface area contributed by atoms with Crippen molar-refractivity contribution in [1.29, 1.82) is 0 Å². The van der Waals surface area contributed by atoms with Crippen molar-refractivity contribution in [2.75, 3.05) is 39.1 Å². The number of benzene rings is 1. The summed E-state index contributed by atoms with van der Waals surface area (Å²) in [6.45, 7) is 5.30. The Morgan fingerprint density at radius 1 is 1.27 bits per heavy atom. The fourth-order valence-corrected chi connectivity index (χ4v) is 4.42. The zero-order valence-electron chi connectivity index (χ0n) is 19.7. The van der Waals surface area contributed by atoms with Crippen LogP contribution >= 0.6 is 15.9 Å². The maximum Gasteiger partial charge on any atom is 0.410 e. The van der Waals surface area contributed by atoms with E-state index in [0.29, 0.717) is 31.7 Å². The molecule has 0 saturated carbocycles. The Bertz CT molecular complexity index is 1030. The zero-order valence-corrected chi connectivity index (χ0v) is 21.3. The highest BCUT2D eigenvalue weighted by Gasteiger charge is 2.31. The Morgan fingerprint density at radius 2 is 2.06 bits per heavy atom. The number of amides is 2. The summed E-state index contributed by atoms with van der Waals surface area (Å²) in [4.78, 5) is 28.9. The van der Waals surface area contributed by atoms with Gasteiger partial charge in [0.05, 0.1) is 12.6 Å². The molecule has 1 unspecified atom stereocenters. The SMILES string of the molecule is CCOC(=O)N1CCC(c2cc(Br)ccc2NC)=CC1C1=CC=C(C(=O)N(C)CC)C=CC1. The lowest BCUT2D eigenvalue weighted by atomic mass is 9.90. The number of allylic oxidation sites excluding steroid dienone is 3. The maximum atomic E-state index is 12.8.